The summed E-state index contributed by atoms with van der Waals surface area (Å²) in [5, 5.41) is 2.81. The molecule has 4 heteroatoms. The number of nitrogens with one attached hydrogen (secondary N) is 1. The van der Waals surface area contributed by atoms with Crippen molar-refractivity contribution in [3.05, 3.63) is 35.4 Å². The van der Waals surface area contributed by atoms with Crippen LogP contribution in [0.1, 0.15) is 29.8 Å². The zero-order valence-corrected chi connectivity index (χ0v) is 12.2. The first kappa shape index (κ1) is 15.2. The fraction of sp³-hybridized carbons (Fsp3) is 0.467. The molecule has 1 aromatic carbocycles. The average Bonchev–Trinajstić information content (AvgIpc) is 2.34. The van der Waals surface area contributed by atoms with E-state index in [1.807, 2.05) is 39.0 Å². The molecule has 19 heavy (non-hydrogen) atoms. The minimum atomic E-state index is -0.497. The van der Waals surface area contributed by atoms with Crippen molar-refractivity contribution >= 4 is 11.8 Å². The largest absolute Gasteiger partial charge is 0.347 e. The molecule has 0 radical (unpaired) electrons. The summed E-state index contributed by atoms with van der Waals surface area (Å²) in [7, 11) is 3.38. The Morgan fingerprint density at radius 3 is 2.32 bits per heavy atom. The first-order valence-electron chi connectivity index (χ1n) is 6.41. The molecule has 1 unspecified atom stereocenters. The summed E-state index contributed by atoms with van der Waals surface area (Å²) in [5.41, 5.74) is 1.60. The van der Waals surface area contributed by atoms with Crippen molar-refractivity contribution in [3.63, 3.8) is 0 Å². The zero-order chi connectivity index (χ0) is 14.6. The van der Waals surface area contributed by atoms with Crippen LogP contribution >= 0.6 is 0 Å². The molecule has 1 N–H and O–H groups in total. The van der Waals surface area contributed by atoms with E-state index in [2.05, 4.69) is 5.32 Å². The third-order valence-electron chi connectivity index (χ3n) is 2.94. The highest BCUT2D eigenvalue weighted by atomic mass is 16.2. The monoisotopic (exact) mass is 262 g/mol. The summed E-state index contributed by atoms with van der Waals surface area (Å²) in [6.07, 6.45) is 0. The highest BCUT2D eigenvalue weighted by molar-refractivity contribution is 5.97. The lowest BCUT2D eigenvalue weighted by Gasteiger charge is -2.24. The number of benzene rings is 1. The number of carbonyl (C=O) groups is 2. The quantitative estimate of drug-likeness (QED) is 0.900. The van der Waals surface area contributed by atoms with Crippen LogP contribution < -0.4 is 5.32 Å². The second-order valence-corrected chi connectivity index (χ2v) is 5.30. The Bertz CT molecular complexity index is 467. The smallest absolute Gasteiger partial charge is 0.251 e. The van der Waals surface area contributed by atoms with Crippen molar-refractivity contribution in [2.24, 2.45) is 5.92 Å². The molecule has 1 aromatic rings. The molecule has 0 bridgehead atoms. The van der Waals surface area contributed by atoms with E-state index in [-0.39, 0.29) is 17.7 Å². The number of hydrogen-bond donors (Lipinski definition) is 1. The Balaban J connectivity index is 2.86. The van der Waals surface area contributed by atoms with Gasteiger partial charge in [-0.05, 0) is 25.0 Å². The SMILES string of the molecule is Cc1cccc(C(=O)NC(C(=O)N(C)C)C(C)C)c1. The molecule has 0 spiro atoms. The van der Waals surface area contributed by atoms with Crippen LogP contribution in [-0.2, 0) is 4.79 Å². The predicted molar refractivity (Wildman–Crippen MR) is 76.0 cm³/mol. The van der Waals surface area contributed by atoms with Gasteiger partial charge in [0, 0.05) is 19.7 Å². The van der Waals surface area contributed by atoms with Crippen LogP contribution in [0.5, 0.6) is 0 Å². The maximum absolute atomic E-state index is 12.2. The minimum absolute atomic E-state index is 0.0451. The molecule has 1 atom stereocenters. The molecule has 0 aliphatic heterocycles. The topological polar surface area (TPSA) is 49.4 Å². The lowest BCUT2D eigenvalue weighted by molar-refractivity contribution is -0.131. The highest BCUT2D eigenvalue weighted by Crippen LogP contribution is 2.08. The molecule has 104 valence electrons. The second kappa shape index (κ2) is 6.36. The van der Waals surface area contributed by atoms with Gasteiger partial charge in [0.05, 0.1) is 0 Å². The van der Waals surface area contributed by atoms with E-state index in [4.69, 9.17) is 0 Å². The van der Waals surface area contributed by atoms with Gasteiger partial charge in [0.15, 0.2) is 0 Å². The van der Waals surface area contributed by atoms with Gasteiger partial charge in [0.1, 0.15) is 6.04 Å². The van der Waals surface area contributed by atoms with Gasteiger partial charge in [-0.2, -0.15) is 0 Å². The first-order valence-corrected chi connectivity index (χ1v) is 6.41. The molecule has 0 saturated carbocycles. The van der Waals surface area contributed by atoms with E-state index in [9.17, 15) is 9.59 Å². The Labute approximate surface area is 114 Å². The van der Waals surface area contributed by atoms with Crippen molar-refractivity contribution < 1.29 is 9.59 Å². The zero-order valence-electron chi connectivity index (χ0n) is 12.2. The summed E-state index contributed by atoms with van der Waals surface area (Å²) in [5.74, 6) is -0.253. The number of aryl methyl sites for hydroxylation is 1. The van der Waals surface area contributed by atoms with Gasteiger partial charge in [-0.25, -0.2) is 0 Å². The maximum Gasteiger partial charge on any atom is 0.251 e. The van der Waals surface area contributed by atoms with Crippen molar-refractivity contribution in [2.75, 3.05) is 14.1 Å². The van der Waals surface area contributed by atoms with Crippen LogP contribution in [0.2, 0.25) is 0 Å². The lowest BCUT2D eigenvalue weighted by atomic mass is 10.0. The molecule has 4 nitrogen and oxygen atoms in total. The van der Waals surface area contributed by atoms with Crippen molar-refractivity contribution in [3.8, 4) is 0 Å². The van der Waals surface area contributed by atoms with Crippen LogP contribution in [0.4, 0.5) is 0 Å². The van der Waals surface area contributed by atoms with Crippen LogP contribution in [0.25, 0.3) is 0 Å². The number of amides is 2. The van der Waals surface area contributed by atoms with Crippen LogP contribution in [0, 0.1) is 12.8 Å². The summed E-state index contributed by atoms with van der Waals surface area (Å²) < 4.78 is 0. The Morgan fingerprint density at radius 2 is 1.84 bits per heavy atom. The van der Waals surface area contributed by atoms with Crippen LogP contribution in [0.15, 0.2) is 24.3 Å². The van der Waals surface area contributed by atoms with E-state index >= 15 is 0 Å². The minimum Gasteiger partial charge on any atom is -0.347 e. The normalized spacial score (nSPS) is 12.1. The first-order chi connectivity index (χ1) is 8.82. The van der Waals surface area contributed by atoms with Crippen molar-refractivity contribution in [2.45, 2.75) is 26.8 Å². The van der Waals surface area contributed by atoms with Gasteiger partial charge >= 0.3 is 0 Å². The standard InChI is InChI=1S/C15H22N2O2/c1-10(2)13(15(19)17(4)5)16-14(18)12-8-6-7-11(3)9-12/h6-10,13H,1-5H3,(H,16,18). The third kappa shape index (κ3) is 4.09. The molecule has 0 fully saturated rings. The Hall–Kier alpha value is -1.84. The van der Waals surface area contributed by atoms with Gasteiger partial charge in [-0.15, -0.1) is 0 Å². The van der Waals surface area contributed by atoms with Gasteiger partial charge < -0.3 is 10.2 Å². The number of nitrogens with zero attached hydrogens (tertiary/aromatic N) is 1. The fourth-order valence-electron chi connectivity index (χ4n) is 1.80. The molecule has 2 amide bonds. The Morgan fingerprint density at radius 1 is 1.21 bits per heavy atom. The highest BCUT2D eigenvalue weighted by Gasteiger charge is 2.25. The second-order valence-electron chi connectivity index (χ2n) is 5.30. The summed E-state index contributed by atoms with van der Waals surface area (Å²) in [6.45, 7) is 5.77. The van der Waals surface area contributed by atoms with Crippen molar-refractivity contribution in [1.29, 1.82) is 0 Å². The van der Waals surface area contributed by atoms with Crippen molar-refractivity contribution in [1.82, 2.24) is 10.2 Å². The molecule has 0 aliphatic rings. The van der Waals surface area contributed by atoms with Crippen LogP contribution in [-0.4, -0.2) is 36.9 Å². The number of likely N-dealkylation sites (N-methyl/N-ethyl adjacent to an activating group) is 1. The molecule has 1 rings (SSSR count). The van der Waals surface area contributed by atoms with E-state index in [0.29, 0.717) is 5.56 Å². The molecule has 0 saturated heterocycles. The summed E-state index contributed by atoms with van der Waals surface area (Å²) in [6, 6.07) is 6.83. The number of hydrogen-bond acceptors (Lipinski definition) is 2. The maximum atomic E-state index is 12.2. The predicted octanol–water partition coefficient (Wildman–Crippen LogP) is 1.84. The molecular weight excluding hydrogens is 240 g/mol. The van der Waals surface area contributed by atoms with Gasteiger partial charge in [0.2, 0.25) is 5.91 Å². The van der Waals surface area contributed by atoms with E-state index in [1.54, 1.807) is 20.2 Å². The van der Waals surface area contributed by atoms with Gasteiger partial charge in [-0.1, -0.05) is 31.5 Å². The van der Waals surface area contributed by atoms with Crippen LogP contribution in [0.3, 0.4) is 0 Å². The molecular formula is C15H22N2O2. The molecule has 0 aromatic heterocycles. The fourth-order valence-corrected chi connectivity index (χ4v) is 1.80. The third-order valence-corrected chi connectivity index (χ3v) is 2.94. The molecule has 0 aliphatic carbocycles. The summed E-state index contributed by atoms with van der Waals surface area (Å²) >= 11 is 0. The average molecular weight is 262 g/mol. The molecule has 0 heterocycles. The lowest BCUT2D eigenvalue weighted by Crippen LogP contribution is -2.49. The van der Waals surface area contributed by atoms with E-state index in [1.165, 1.54) is 4.90 Å². The Kier molecular flexibility index (Phi) is 5.10. The summed E-state index contributed by atoms with van der Waals surface area (Å²) in [4.78, 5) is 25.7. The van der Waals surface area contributed by atoms with Gasteiger partial charge in [0.25, 0.3) is 5.91 Å². The van der Waals surface area contributed by atoms with Gasteiger partial charge in [-0.3, -0.25) is 9.59 Å². The van der Waals surface area contributed by atoms with E-state index in [0.717, 1.165) is 5.56 Å². The number of rotatable bonds is 4. The van der Waals surface area contributed by atoms with E-state index < -0.39 is 6.04 Å². The number of carbonyl (C=O) groups excluding carboxylic acids is 2.